The summed E-state index contributed by atoms with van der Waals surface area (Å²) < 4.78 is 5.40. The minimum atomic E-state index is -0.391. The third-order valence-electron chi connectivity index (χ3n) is 3.72. The lowest BCUT2D eigenvalue weighted by Crippen LogP contribution is -2.30. The molecule has 1 saturated heterocycles. The van der Waals surface area contributed by atoms with Crippen molar-refractivity contribution < 1.29 is 14.3 Å². The second-order valence-corrected chi connectivity index (χ2v) is 4.94. The molecule has 1 heterocycles. The van der Waals surface area contributed by atoms with Crippen LogP contribution >= 0.6 is 0 Å². The molecule has 2 aromatic rings. The van der Waals surface area contributed by atoms with Gasteiger partial charge in [0.25, 0.3) is 5.91 Å². The van der Waals surface area contributed by atoms with Crippen LogP contribution in [0.25, 0.3) is 16.8 Å². The molecule has 0 aromatic heterocycles. The van der Waals surface area contributed by atoms with Crippen LogP contribution in [0, 0.1) is 0 Å². The number of methoxy groups -OCH3 is 1. The van der Waals surface area contributed by atoms with Gasteiger partial charge in [-0.3, -0.25) is 9.69 Å². The van der Waals surface area contributed by atoms with Gasteiger partial charge in [-0.05, 0) is 29.8 Å². The molecule has 1 aliphatic heterocycles. The fourth-order valence-corrected chi connectivity index (χ4v) is 2.61. The molecule has 5 heteroatoms. The number of carbonyl (C=O) groups is 2. The van der Waals surface area contributed by atoms with Crippen LogP contribution in [-0.4, -0.2) is 30.5 Å². The Bertz CT molecular complexity index is 796. The van der Waals surface area contributed by atoms with Crippen LogP contribution in [-0.2, 0) is 4.79 Å². The summed E-state index contributed by atoms with van der Waals surface area (Å²) in [7, 11) is 1.58. The fourth-order valence-electron chi connectivity index (χ4n) is 2.61. The molecule has 0 unspecified atom stereocenters. The van der Waals surface area contributed by atoms with Crippen LogP contribution in [0.2, 0.25) is 0 Å². The van der Waals surface area contributed by atoms with E-state index in [0.29, 0.717) is 12.3 Å². The molecule has 2 aromatic carbocycles. The van der Waals surface area contributed by atoms with Crippen molar-refractivity contribution in [3.05, 3.63) is 47.7 Å². The molecule has 1 aliphatic rings. The molecule has 112 valence electrons. The van der Waals surface area contributed by atoms with E-state index in [4.69, 9.17) is 4.74 Å². The molecule has 0 spiro atoms. The highest BCUT2D eigenvalue weighted by Crippen LogP contribution is 2.30. The number of benzene rings is 2. The Kier molecular flexibility index (Phi) is 3.55. The number of hydrogen-bond acceptors (Lipinski definition) is 3. The summed E-state index contributed by atoms with van der Waals surface area (Å²) in [5, 5.41) is 4.62. The fraction of sp³-hybridized carbons (Fsp3) is 0.176. The second-order valence-electron chi connectivity index (χ2n) is 4.94. The van der Waals surface area contributed by atoms with Crippen LogP contribution in [0.3, 0.4) is 0 Å². The molecular formula is C17H16N2O3. The smallest absolute Gasteiger partial charge is 0.328 e. The summed E-state index contributed by atoms with van der Waals surface area (Å²) in [6.45, 7) is 2.10. The lowest BCUT2D eigenvalue weighted by molar-refractivity contribution is -0.122. The number of imide groups is 1. The van der Waals surface area contributed by atoms with E-state index in [1.54, 1.807) is 20.1 Å². The van der Waals surface area contributed by atoms with Gasteiger partial charge in [0.05, 0.1) is 7.11 Å². The average molecular weight is 296 g/mol. The van der Waals surface area contributed by atoms with Crippen LogP contribution in [0.4, 0.5) is 4.79 Å². The molecule has 3 amide bonds. The number of amides is 3. The van der Waals surface area contributed by atoms with Gasteiger partial charge in [0.15, 0.2) is 0 Å². The molecule has 1 fully saturated rings. The van der Waals surface area contributed by atoms with Crippen molar-refractivity contribution in [2.75, 3.05) is 13.7 Å². The summed E-state index contributed by atoms with van der Waals surface area (Å²) in [6, 6.07) is 11.3. The summed E-state index contributed by atoms with van der Waals surface area (Å²) in [6.07, 6.45) is 1.68. The first-order valence-electron chi connectivity index (χ1n) is 7.06. The highest BCUT2D eigenvalue weighted by Gasteiger charge is 2.32. The monoisotopic (exact) mass is 296 g/mol. The zero-order chi connectivity index (χ0) is 15.7. The van der Waals surface area contributed by atoms with Gasteiger partial charge in [-0.2, -0.15) is 0 Å². The predicted molar refractivity (Wildman–Crippen MR) is 84.4 cm³/mol. The van der Waals surface area contributed by atoms with Crippen molar-refractivity contribution in [3.63, 3.8) is 0 Å². The highest BCUT2D eigenvalue weighted by atomic mass is 16.5. The van der Waals surface area contributed by atoms with Crippen LogP contribution in [0.1, 0.15) is 12.5 Å². The Morgan fingerprint density at radius 3 is 2.64 bits per heavy atom. The Morgan fingerprint density at radius 1 is 1.18 bits per heavy atom. The van der Waals surface area contributed by atoms with Crippen molar-refractivity contribution in [3.8, 4) is 5.75 Å². The molecule has 5 nitrogen and oxygen atoms in total. The minimum Gasteiger partial charge on any atom is -0.496 e. The lowest BCUT2D eigenvalue weighted by atomic mass is 10.0. The van der Waals surface area contributed by atoms with E-state index in [2.05, 4.69) is 5.32 Å². The topological polar surface area (TPSA) is 58.6 Å². The van der Waals surface area contributed by atoms with Gasteiger partial charge in [0.1, 0.15) is 11.4 Å². The second kappa shape index (κ2) is 5.52. The minimum absolute atomic E-state index is 0.265. The zero-order valence-corrected chi connectivity index (χ0v) is 12.4. The van der Waals surface area contributed by atoms with Gasteiger partial charge in [0.2, 0.25) is 0 Å². The van der Waals surface area contributed by atoms with Crippen LogP contribution < -0.4 is 10.1 Å². The van der Waals surface area contributed by atoms with E-state index < -0.39 is 6.03 Å². The maximum Gasteiger partial charge on any atom is 0.328 e. The normalized spacial score (nSPS) is 16.5. The van der Waals surface area contributed by atoms with Crippen molar-refractivity contribution in [2.45, 2.75) is 6.92 Å². The largest absolute Gasteiger partial charge is 0.496 e. The standard InChI is InChI=1S/C17H16N2O3/c1-3-19-16(20)14(18-17(19)21)10-13-12-7-5-4-6-11(12)8-9-15(13)22-2/h4-10H,3H2,1-2H3,(H,18,21). The first-order chi connectivity index (χ1) is 10.7. The first-order valence-corrected chi connectivity index (χ1v) is 7.06. The average Bonchev–Trinajstić information content (AvgIpc) is 2.81. The summed E-state index contributed by atoms with van der Waals surface area (Å²) in [4.78, 5) is 25.1. The Morgan fingerprint density at radius 2 is 1.95 bits per heavy atom. The van der Waals surface area contributed by atoms with Crippen LogP contribution in [0.5, 0.6) is 5.75 Å². The maximum atomic E-state index is 12.2. The summed E-state index contributed by atoms with van der Waals surface area (Å²) in [5.74, 6) is 0.339. The predicted octanol–water partition coefficient (Wildman–Crippen LogP) is 2.76. The maximum absolute atomic E-state index is 12.2. The van der Waals surface area contributed by atoms with Gasteiger partial charge < -0.3 is 10.1 Å². The number of carbonyl (C=O) groups excluding carboxylic acids is 2. The number of fused-ring (bicyclic) bond motifs is 1. The SMILES string of the molecule is CCN1C(=O)NC(=Cc2c(OC)ccc3ccccc23)C1=O. The third-order valence-corrected chi connectivity index (χ3v) is 3.72. The highest BCUT2D eigenvalue weighted by molar-refractivity contribution is 6.14. The number of nitrogens with one attached hydrogen (secondary N) is 1. The number of ether oxygens (including phenoxy) is 1. The summed E-state index contributed by atoms with van der Waals surface area (Å²) in [5.41, 5.74) is 1.05. The van der Waals surface area contributed by atoms with E-state index in [1.807, 2.05) is 36.4 Å². The van der Waals surface area contributed by atoms with Gasteiger partial charge >= 0.3 is 6.03 Å². The van der Waals surface area contributed by atoms with E-state index in [9.17, 15) is 9.59 Å². The van der Waals surface area contributed by atoms with Crippen LogP contribution in [0.15, 0.2) is 42.1 Å². The number of rotatable bonds is 3. The molecule has 0 atom stereocenters. The van der Waals surface area contributed by atoms with E-state index >= 15 is 0 Å². The Hall–Kier alpha value is -2.82. The third kappa shape index (κ3) is 2.20. The van der Waals surface area contributed by atoms with Gasteiger partial charge in [-0.15, -0.1) is 0 Å². The Balaban J connectivity index is 2.16. The molecule has 1 N–H and O–H groups in total. The van der Waals surface area contributed by atoms with Crippen molar-refractivity contribution >= 4 is 28.8 Å². The number of likely N-dealkylation sites (N-methyl/N-ethyl adjacent to an activating group) is 1. The molecule has 0 saturated carbocycles. The van der Waals surface area contributed by atoms with Crippen molar-refractivity contribution in [1.29, 1.82) is 0 Å². The van der Waals surface area contributed by atoms with E-state index in [1.165, 1.54) is 4.90 Å². The Labute approximate surface area is 128 Å². The van der Waals surface area contributed by atoms with Crippen molar-refractivity contribution in [1.82, 2.24) is 10.2 Å². The number of urea groups is 1. The molecule has 0 bridgehead atoms. The molecular weight excluding hydrogens is 280 g/mol. The molecule has 22 heavy (non-hydrogen) atoms. The van der Waals surface area contributed by atoms with E-state index in [-0.39, 0.29) is 11.6 Å². The quantitative estimate of drug-likeness (QED) is 0.700. The number of hydrogen-bond donors (Lipinski definition) is 1. The first kappa shape index (κ1) is 14.1. The van der Waals surface area contributed by atoms with Gasteiger partial charge in [-0.25, -0.2) is 4.79 Å². The number of nitrogens with zero attached hydrogens (tertiary/aromatic N) is 1. The molecule has 3 rings (SSSR count). The summed E-state index contributed by atoms with van der Waals surface area (Å²) >= 11 is 0. The van der Waals surface area contributed by atoms with Gasteiger partial charge in [-0.1, -0.05) is 30.3 Å². The zero-order valence-electron chi connectivity index (χ0n) is 12.4. The lowest BCUT2D eigenvalue weighted by Gasteiger charge is -2.09. The van der Waals surface area contributed by atoms with Gasteiger partial charge in [0, 0.05) is 12.1 Å². The molecule has 0 aliphatic carbocycles. The molecule has 0 radical (unpaired) electrons. The van der Waals surface area contributed by atoms with E-state index in [0.717, 1.165) is 16.3 Å². The van der Waals surface area contributed by atoms with Crippen molar-refractivity contribution in [2.24, 2.45) is 0 Å².